The van der Waals surface area contributed by atoms with Gasteiger partial charge in [-0.15, -0.1) is 0 Å². The van der Waals surface area contributed by atoms with E-state index in [2.05, 4.69) is 0 Å². The fourth-order valence-corrected chi connectivity index (χ4v) is 0.942. The van der Waals surface area contributed by atoms with Crippen molar-refractivity contribution in [3.63, 3.8) is 0 Å². The van der Waals surface area contributed by atoms with E-state index in [-0.39, 0.29) is 0 Å². The zero-order chi connectivity index (χ0) is 9.14. The second-order valence-corrected chi connectivity index (χ2v) is 2.83. The van der Waals surface area contributed by atoms with Gasteiger partial charge in [0.25, 0.3) is 0 Å². The molecule has 0 saturated heterocycles. The molecule has 0 atom stereocenters. The third-order valence-corrected chi connectivity index (χ3v) is 1.71. The summed E-state index contributed by atoms with van der Waals surface area (Å²) < 4.78 is 0. The van der Waals surface area contributed by atoms with Crippen LogP contribution in [0.2, 0.25) is 0 Å². The summed E-state index contributed by atoms with van der Waals surface area (Å²) in [5.74, 6) is 0. The Kier molecular flexibility index (Phi) is 2.33. The normalized spacial score (nSPS) is 9.50. The maximum Gasteiger partial charge on any atom is 0.152 e. The van der Waals surface area contributed by atoms with Crippen LogP contribution >= 0.6 is 0 Å². The Bertz CT molecular complexity index is 295. The Morgan fingerprint density at radius 3 is 2.58 bits per heavy atom. The van der Waals surface area contributed by atoms with Crippen LogP contribution in [0, 0.1) is 0 Å². The predicted octanol–water partition coefficient (Wildman–Crippen LogP) is 1.15. The first kappa shape index (κ1) is 8.59. The molecule has 0 saturated carbocycles. The number of carbonyl (C=O) groups excluding carboxylic acids is 1. The van der Waals surface area contributed by atoms with Gasteiger partial charge in [0, 0.05) is 31.0 Å². The van der Waals surface area contributed by atoms with Crippen LogP contribution in [0.1, 0.15) is 10.4 Å². The van der Waals surface area contributed by atoms with Crippen molar-refractivity contribution >= 4 is 17.7 Å². The number of aldehydes is 1. The lowest BCUT2D eigenvalue weighted by molar-refractivity contribution is 0.112. The van der Waals surface area contributed by atoms with Crippen molar-refractivity contribution in [2.45, 2.75) is 0 Å². The van der Waals surface area contributed by atoms with Gasteiger partial charge in [-0.25, -0.2) is 0 Å². The molecule has 3 nitrogen and oxygen atoms in total. The lowest BCUT2D eigenvalue weighted by Gasteiger charge is -2.12. The average molecular weight is 164 g/mol. The van der Waals surface area contributed by atoms with E-state index in [0.29, 0.717) is 11.3 Å². The van der Waals surface area contributed by atoms with Crippen molar-refractivity contribution in [1.29, 1.82) is 0 Å². The molecule has 0 heterocycles. The molecule has 1 rings (SSSR count). The second kappa shape index (κ2) is 3.26. The first-order chi connectivity index (χ1) is 5.65. The predicted molar refractivity (Wildman–Crippen MR) is 50.6 cm³/mol. The lowest BCUT2D eigenvalue weighted by Crippen LogP contribution is -2.09. The van der Waals surface area contributed by atoms with Crippen molar-refractivity contribution in [3.05, 3.63) is 23.8 Å². The van der Waals surface area contributed by atoms with E-state index < -0.39 is 0 Å². The van der Waals surface area contributed by atoms with Crippen LogP contribution < -0.4 is 10.6 Å². The zero-order valence-corrected chi connectivity index (χ0v) is 7.24. The van der Waals surface area contributed by atoms with Crippen LogP contribution in [0.25, 0.3) is 0 Å². The van der Waals surface area contributed by atoms with Crippen LogP contribution in [-0.4, -0.2) is 20.4 Å². The van der Waals surface area contributed by atoms with Gasteiger partial charge in [0.15, 0.2) is 6.29 Å². The summed E-state index contributed by atoms with van der Waals surface area (Å²) in [7, 11) is 3.83. The Morgan fingerprint density at radius 1 is 1.42 bits per heavy atom. The van der Waals surface area contributed by atoms with Gasteiger partial charge in [0.05, 0.1) is 0 Å². The maximum atomic E-state index is 10.5. The summed E-state index contributed by atoms with van der Waals surface area (Å²) >= 11 is 0. The summed E-state index contributed by atoms with van der Waals surface area (Å²) in [5, 5.41) is 0. The van der Waals surface area contributed by atoms with Crippen molar-refractivity contribution in [3.8, 4) is 0 Å². The summed E-state index contributed by atoms with van der Waals surface area (Å²) in [6, 6.07) is 5.38. The quantitative estimate of drug-likeness (QED) is 0.526. The number of rotatable bonds is 2. The first-order valence-electron chi connectivity index (χ1n) is 3.67. The third-order valence-electron chi connectivity index (χ3n) is 1.71. The molecule has 0 radical (unpaired) electrons. The van der Waals surface area contributed by atoms with E-state index in [0.717, 1.165) is 12.0 Å². The monoisotopic (exact) mass is 164 g/mol. The number of nitrogens with zero attached hydrogens (tertiary/aromatic N) is 1. The van der Waals surface area contributed by atoms with Crippen molar-refractivity contribution in [2.75, 3.05) is 24.7 Å². The molecule has 0 amide bonds. The fourth-order valence-electron chi connectivity index (χ4n) is 0.942. The van der Waals surface area contributed by atoms with Gasteiger partial charge in [0.2, 0.25) is 0 Å². The Hall–Kier alpha value is -1.51. The van der Waals surface area contributed by atoms with Crippen molar-refractivity contribution < 1.29 is 4.79 Å². The van der Waals surface area contributed by atoms with E-state index in [1.165, 1.54) is 0 Å². The fraction of sp³-hybridized carbons (Fsp3) is 0.222. The van der Waals surface area contributed by atoms with Gasteiger partial charge in [-0.2, -0.15) is 0 Å². The smallest absolute Gasteiger partial charge is 0.152 e. The van der Waals surface area contributed by atoms with Crippen LogP contribution in [0.4, 0.5) is 11.4 Å². The van der Waals surface area contributed by atoms with Crippen LogP contribution in [0.3, 0.4) is 0 Å². The minimum Gasteiger partial charge on any atom is -0.398 e. The summed E-state index contributed by atoms with van der Waals surface area (Å²) in [5.41, 5.74) is 7.59. The molecule has 12 heavy (non-hydrogen) atoms. The third kappa shape index (κ3) is 1.56. The number of nitrogens with two attached hydrogens (primary N) is 1. The molecular weight excluding hydrogens is 152 g/mol. The highest BCUT2D eigenvalue weighted by Gasteiger charge is 2.00. The van der Waals surface area contributed by atoms with Crippen molar-refractivity contribution in [1.82, 2.24) is 0 Å². The molecule has 0 aliphatic carbocycles. The highest BCUT2D eigenvalue weighted by Crippen LogP contribution is 2.17. The van der Waals surface area contributed by atoms with Gasteiger partial charge in [0.1, 0.15) is 0 Å². The van der Waals surface area contributed by atoms with E-state index in [1.807, 2.05) is 25.1 Å². The van der Waals surface area contributed by atoms with Crippen molar-refractivity contribution in [2.24, 2.45) is 0 Å². The number of benzene rings is 1. The molecule has 0 aliphatic rings. The Balaban J connectivity index is 3.13. The van der Waals surface area contributed by atoms with E-state index in [9.17, 15) is 4.79 Å². The zero-order valence-electron chi connectivity index (χ0n) is 7.24. The molecule has 0 spiro atoms. The van der Waals surface area contributed by atoms with Gasteiger partial charge in [-0.05, 0) is 18.2 Å². The van der Waals surface area contributed by atoms with E-state index >= 15 is 0 Å². The molecule has 64 valence electrons. The lowest BCUT2D eigenvalue weighted by atomic mass is 10.2. The molecular formula is C9H12N2O. The molecule has 0 unspecified atom stereocenters. The number of hydrogen-bond acceptors (Lipinski definition) is 3. The second-order valence-electron chi connectivity index (χ2n) is 2.83. The standard InChI is InChI=1S/C9H12N2O/c1-11(2)8-3-4-9(10)7(5-8)6-12/h3-6H,10H2,1-2H3. The molecule has 0 aliphatic heterocycles. The summed E-state index contributed by atoms with van der Waals surface area (Å²) in [6.07, 6.45) is 0.766. The number of carbonyl (C=O) groups is 1. The van der Waals surface area contributed by atoms with E-state index in [1.54, 1.807) is 12.1 Å². The maximum absolute atomic E-state index is 10.5. The van der Waals surface area contributed by atoms with E-state index in [4.69, 9.17) is 5.73 Å². The number of anilines is 2. The average Bonchev–Trinajstić information content (AvgIpc) is 2.05. The molecule has 0 aromatic heterocycles. The molecule has 3 heteroatoms. The topological polar surface area (TPSA) is 46.3 Å². The van der Waals surface area contributed by atoms with Gasteiger partial charge in [-0.3, -0.25) is 4.79 Å². The molecule has 2 N–H and O–H groups in total. The number of hydrogen-bond donors (Lipinski definition) is 1. The Labute approximate surface area is 71.8 Å². The highest BCUT2D eigenvalue weighted by atomic mass is 16.1. The number of nitrogen functional groups attached to an aromatic ring is 1. The SMILES string of the molecule is CN(C)c1ccc(N)c(C=O)c1. The van der Waals surface area contributed by atoms with Crippen LogP contribution in [-0.2, 0) is 0 Å². The minimum absolute atomic E-state index is 0.524. The molecule has 1 aromatic rings. The van der Waals surface area contributed by atoms with Gasteiger partial charge >= 0.3 is 0 Å². The summed E-state index contributed by atoms with van der Waals surface area (Å²) in [4.78, 5) is 12.4. The van der Waals surface area contributed by atoms with Gasteiger partial charge in [-0.1, -0.05) is 0 Å². The Morgan fingerprint density at radius 2 is 2.08 bits per heavy atom. The first-order valence-corrected chi connectivity index (χ1v) is 3.67. The molecule has 1 aromatic carbocycles. The molecule has 0 bridgehead atoms. The van der Waals surface area contributed by atoms with Crippen LogP contribution in [0.15, 0.2) is 18.2 Å². The minimum atomic E-state index is 0.524. The molecule has 0 fully saturated rings. The van der Waals surface area contributed by atoms with Gasteiger partial charge < -0.3 is 10.6 Å². The van der Waals surface area contributed by atoms with Crippen LogP contribution in [0.5, 0.6) is 0 Å². The largest absolute Gasteiger partial charge is 0.398 e. The summed E-state index contributed by atoms with van der Waals surface area (Å²) in [6.45, 7) is 0. The highest BCUT2D eigenvalue weighted by molar-refractivity contribution is 5.85.